The predicted molar refractivity (Wildman–Crippen MR) is 61.8 cm³/mol. The fourth-order valence-electron chi connectivity index (χ4n) is 2.35. The van der Waals surface area contributed by atoms with Crippen LogP contribution in [0.2, 0.25) is 5.15 Å². The quantitative estimate of drug-likeness (QED) is 0.763. The molecule has 0 N–H and O–H groups in total. The Morgan fingerprint density at radius 1 is 1.19 bits per heavy atom. The molecular formula is C11H13ClN4. The molecule has 2 aromatic heterocycles. The second kappa shape index (κ2) is 3.70. The van der Waals surface area contributed by atoms with Crippen LogP contribution in [0.15, 0.2) is 0 Å². The second-order valence-electron chi connectivity index (χ2n) is 4.16. The first-order valence-corrected chi connectivity index (χ1v) is 6.10. The lowest BCUT2D eigenvalue weighted by Crippen LogP contribution is -2.10. The molecule has 0 amide bonds. The van der Waals surface area contributed by atoms with Crippen molar-refractivity contribution in [1.29, 1.82) is 0 Å². The van der Waals surface area contributed by atoms with E-state index >= 15 is 0 Å². The van der Waals surface area contributed by atoms with Gasteiger partial charge < -0.3 is 0 Å². The molecule has 0 atom stereocenters. The smallest absolute Gasteiger partial charge is 0.181 e. The topological polar surface area (TPSA) is 43.1 Å². The van der Waals surface area contributed by atoms with Crippen LogP contribution in [-0.4, -0.2) is 19.8 Å². The number of aromatic nitrogens is 4. The van der Waals surface area contributed by atoms with Crippen LogP contribution in [0, 0.1) is 0 Å². The number of fused-ring (bicyclic) bond motifs is 3. The molecule has 4 nitrogen and oxygen atoms in total. The Bertz CT molecular complexity index is 546. The molecular weight excluding hydrogens is 224 g/mol. The van der Waals surface area contributed by atoms with Gasteiger partial charge in [-0.05, 0) is 31.2 Å². The average Bonchev–Trinajstić information content (AvgIpc) is 2.72. The van der Waals surface area contributed by atoms with E-state index in [9.17, 15) is 0 Å². The van der Waals surface area contributed by atoms with E-state index in [4.69, 9.17) is 11.6 Å². The van der Waals surface area contributed by atoms with Gasteiger partial charge in [0.2, 0.25) is 0 Å². The van der Waals surface area contributed by atoms with Gasteiger partial charge in [-0.25, -0.2) is 0 Å². The van der Waals surface area contributed by atoms with Crippen LogP contribution in [0.5, 0.6) is 0 Å². The summed E-state index contributed by atoms with van der Waals surface area (Å²) in [4.78, 5) is 0. The van der Waals surface area contributed by atoms with Crippen molar-refractivity contribution in [2.24, 2.45) is 0 Å². The van der Waals surface area contributed by atoms with Crippen molar-refractivity contribution in [1.82, 2.24) is 19.8 Å². The molecule has 0 unspecified atom stereocenters. The molecule has 0 spiro atoms. The van der Waals surface area contributed by atoms with E-state index in [1.165, 1.54) is 24.0 Å². The van der Waals surface area contributed by atoms with Gasteiger partial charge >= 0.3 is 0 Å². The van der Waals surface area contributed by atoms with E-state index in [0.717, 1.165) is 30.7 Å². The van der Waals surface area contributed by atoms with Crippen molar-refractivity contribution in [3.05, 3.63) is 22.1 Å². The second-order valence-corrected chi connectivity index (χ2v) is 4.52. The minimum atomic E-state index is 0.622. The summed E-state index contributed by atoms with van der Waals surface area (Å²) < 4.78 is 1.80. The van der Waals surface area contributed by atoms with E-state index in [0.29, 0.717) is 5.15 Å². The van der Waals surface area contributed by atoms with Gasteiger partial charge in [0.1, 0.15) is 0 Å². The SMILES string of the molecule is CCc1nnc2c3c(c(Cl)nn12)CCCC3. The first-order valence-electron chi connectivity index (χ1n) is 5.72. The summed E-state index contributed by atoms with van der Waals surface area (Å²) in [5.41, 5.74) is 3.32. The third-order valence-electron chi connectivity index (χ3n) is 3.20. The van der Waals surface area contributed by atoms with E-state index in [2.05, 4.69) is 15.3 Å². The molecule has 0 radical (unpaired) electrons. The third-order valence-corrected chi connectivity index (χ3v) is 3.50. The van der Waals surface area contributed by atoms with Crippen molar-refractivity contribution < 1.29 is 0 Å². The summed E-state index contributed by atoms with van der Waals surface area (Å²) in [6.45, 7) is 2.05. The number of halogens is 1. The molecule has 0 saturated heterocycles. The molecule has 16 heavy (non-hydrogen) atoms. The van der Waals surface area contributed by atoms with Crippen molar-refractivity contribution >= 4 is 17.2 Å². The summed E-state index contributed by atoms with van der Waals surface area (Å²) in [6, 6.07) is 0. The Morgan fingerprint density at radius 3 is 2.69 bits per heavy atom. The zero-order chi connectivity index (χ0) is 11.1. The molecule has 5 heteroatoms. The maximum Gasteiger partial charge on any atom is 0.181 e. The van der Waals surface area contributed by atoms with Crippen molar-refractivity contribution in [2.45, 2.75) is 39.0 Å². The first kappa shape index (κ1) is 10.0. The monoisotopic (exact) mass is 236 g/mol. The zero-order valence-corrected chi connectivity index (χ0v) is 9.96. The lowest BCUT2D eigenvalue weighted by atomic mass is 9.94. The zero-order valence-electron chi connectivity index (χ0n) is 9.20. The van der Waals surface area contributed by atoms with Crippen molar-refractivity contribution in [2.75, 3.05) is 0 Å². The van der Waals surface area contributed by atoms with Crippen molar-refractivity contribution in [3.8, 4) is 0 Å². The Balaban J connectivity index is 2.34. The number of nitrogens with zero attached hydrogens (tertiary/aromatic N) is 4. The summed E-state index contributed by atoms with van der Waals surface area (Å²) >= 11 is 6.22. The highest BCUT2D eigenvalue weighted by Crippen LogP contribution is 2.28. The molecule has 2 heterocycles. The minimum absolute atomic E-state index is 0.622. The molecule has 0 bridgehead atoms. The predicted octanol–water partition coefficient (Wildman–Crippen LogP) is 2.22. The molecule has 0 saturated carbocycles. The average molecular weight is 237 g/mol. The van der Waals surface area contributed by atoms with Gasteiger partial charge in [0.05, 0.1) is 0 Å². The molecule has 2 aromatic rings. The standard InChI is InChI=1S/C11H13ClN4/c1-2-9-13-14-11-8-6-4-3-5-7(8)10(12)15-16(9)11/h2-6H2,1H3. The Hall–Kier alpha value is -1.16. The van der Waals surface area contributed by atoms with Crippen LogP contribution in [0.3, 0.4) is 0 Å². The Morgan fingerprint density at radius 2 is 1.94 bits per heavy atom. The number of hydrogen-bond acceptors (Lipinski definition) is 3. The van der Waals surface area contributed by atoms with Crippen LogP contribution in [0.4, 0.5) is 0 Å². The summed E-state index contributed by atoms with van der Waals surface area (Å²) in [7, 11) is 0. The van der Waals surface area contributed by atoms with Crippen LogP contribution in [0.1, 0.15) is 36.7 Å². The third kappa shape index (κ3) is 1.33. The van der Waals surface area contributed by atoms with Gasteiger partial charge in [-0.2, -0.15) is 9.61 Å². The van der Waals surface area contributed by atoms with E-state index in [1.54, 1.807) is 4.52 Å². The van der Waals surface area contributed by atoms with E-state index < -0.39 is 0 Å². The molecule has 0 aliphatic heterocycles. The summed E-state index contributed by atoms with van der Waals surface area (Å²) in [5, 5.41) is 13.4. The highest BCUT2D eigenvalue weighted by Gasteiger charge is 2.20. The summed E-state index contributed by atoms with van der Waals surface area (Å²) in [6.07, 6.45) is 5.29. The normalized spacial score (nSPS) is 15.4. The fourth-order valence-corrected chi connectivity index (χ4v) is 2.64. The van der Waals surface area contributed by atoms with Crippen LogP contribution in [-0.2, 0) is 19.3 Å². The van der Waals surface area contributed by atoms with E-state index in [1.807, 2.05) is 6.92 Å². The Labute approximate surface area is 98.6 Å². The number of aryl methyl sites for hydroxylation is 2. The molecule has 0 fully saturated rings. The maximum absolute atomic E-state index is 6.22. The molecule has 1 aliphatic carbocycles. The number of rotatable bonds is 1. The van der Waals surface area contributed by atoms with E-state index in [-0.39, 0.29) is 0 Å². The molecule has 84 valence electrons. The maximum atomic E-state index is 6.22. The summed E-state index contributed by atoms with van der Waals surface area (Å²) in [5.74, 6) is 0.880. The van der Waals surface area contributed by atoms with Crippen LogP contribution in [0.25, 0.3) is 5.65 Å². The van der Waals surface area contributed by atoms with Gasteiger partial charge in [0.15, 0.2) is 16.6 Å². The van der Waals surface area contributed by atoms with Crippen LogP contribution >= 0.6 is 11.6 Å². The van der Waals surface area contributed by atoms with Gasteiger partial charge in [-0.1, -0.05) is 18.5 Å². The van der Waals surface area contributed by atoms with Gasteiger partial charge in [0.25, 0.3) is 0 Å². The van der Waals surface area contributed by atoms with Gasteiger partial charge in [-0.3, -0.25) is 0 Å². The van der Waals surface area contributed by atoms with Crippen molar-refractivity contribution in [3.63, 3.8) is 0 Å². The first-order chi connectivity index (χ1) is 7.81. The molecule has 0 aromatic carbocycles. The highest BCUT2D eigenvalue weighted by molar-refractivity contribution is 6.30. The van der Waals surface area contributed by atoms with Crippen LogP contribution < -0.4 is 0 Å². The minimum Gasteiger partial charge on any atom is -0.196 e. The highest BCUT2D eigenvalue weighted by atomic mass is 35.5. The van der Waals surface area contributed by atoms with Gasteiger partial charge in [-0.15, -0.1) is 10.2 Å². The Kier molecular flexibility index (Phi) is 2.32. The lowest BCUT2D eigenvalue weighted by Gasteiger charge is -2.16. The lowest BCUT2D eigenvalue weighted by molar-refractivity contribution is 0.673. The fraction of sp³-hybridized carbons (Fsp3) is 0.545. The number of hydrogen-bond donors (Lipinski definition) is 0. The largest absolute Gasteiger partial charge is 0.196 e. The molecule has 3 rings (SSSR count). The van der Waals surface area contributed by atoms with Gasteiger partial charge in [0, 0.05) is 12.0 Å². The molecule has 1 aliphatic rings.